The average Bonchev–Trinajstić information content (AvgIpc) is 2.69. The SMILES string of the molecule is Cc1csc(=O)n1CC(=O)Nc1cc(Cl)cc(C(=O)O)c1. The Hall–Kier alpha value is -2.12. The Bertz CT molecular complexity index is 766. The molecule has 2 aromatic rings. The fraction of sp³-hybridized carbons (Fsp3) is 0.154. The van der Waals surface area contributed by atoms with Crippen molar-refractivity contribution in [3.8, 4) is 0 Å². The summed E-state index contributed by atoms with van der Waals surface area (Å²) in [7, 11) is 0. The summed E-state index contributed by atoms with van der Waals surface area (Å²) in [6.07, 6.45) is 0. The van der Waals surface area contributed by atoms with Crippen molar-refractivity contribution in [2.45, 2.75) is 13.5 Å². The van der Waals surface area contributed by atoms with Gasteiger partial charge < -0.3 is 10.4 Å². The molecule has 1 amide bonds. The number of hydrogen-bond donors (Lipinski definition) is 2. The molecular weight excluding hydrogens is 316 g/mol. The van der Waals surface area contributed by atoms with Crippen LogP contribution in [-0.2, 0) is 11.3 Å². The van der Waals surface area contributed by atoms with E-state index < -0.39 is 11.9 Å². The predicted octanol–water partition coefficient (Wildman–Crippen LogP) is 2.21. The number of carbonyl (C=O) groups excluding carboxylic acids is 1. The zero-order valence-corrected chi connectivity index (χ0v) is 12.5. The van der Waals surface area contributed by atoms with Gasteiger partial charge in [0.1, 0.15) is 6.54 Å². The third-order valence-corrected chi connectivity index (χ3v) is 3.81. The smallest absolute Gasteiger partial charge is 0.335 e. The molecule has 110 valence electrons. The number of aryl methyl sites for hydroxylation is 1. The number of thiazole rings is 1. The Morgan fingerprint density at radius 3 is 2.67 bits per heavy atom. The van der Waals surface area contributed by atoms with Crippen molar-refractivity contribution < 1.29 is 14.7 Å². The van der Waals surface area contributed by atoms with Gasteiger partial charge in [-0.25, -0.2) is 4.79 Å². The number of rotatable bonds is 4. The van der Waals surface area contributed by atoms with Gasteiger partial charge in [0.15, 0.2) is 0 Å². The van der Waals surface area contributed by atoms with Crippen molar-refractivity contribution in [2.24, 2.45) is 0 Å². The fourth-order valence-electron chi connectivity index (χ4n) is 1.73. The molecule has 0 spiro atoms. The summed E-state index contributed by atoms with van der Waals surface area (Å²) in [6, 6.07) is 4.03. The molecule has 8 heteroatoms. The number of carbonyl (C=O) groups is 2. The summed E-state index contributed by atoms with van der Waals surface area (Å²) in [5, 5.41) is 13.3. The van der Waals surface area contributed by atoms with Crippen LogP contribution in [0.15, 0.2) is 28.4 Å². The zero-order chi connectivity index (χ0) is 15.6. The molecule has 1 aromatic carbocycles. The van der Waals surface area contributed by atoms with Gasteiger partial charge >= 0.3 is 10.8 Å². The highest BCUT2D eigenvalue weighted by Gasteiger charge is 2.11. The first-order valence-corrected chi connectivity index (χ1v) is 7.11. The molecule has 0 radical (unpaired) electrons. The average molecular weight is 327 g/mol. The van der Waals surface area contributed by atoms with Crippen LogP contribution in [0.2, 0.25) is 5.02 Å². The van der Waals surface area contributed by atoms with Gasteiger partial charge in [-0.2, -0.15) is 0 Å². The first-order valence-electron chi connectivity index (χ1n) is 5.85. The highest BCUT2D eigenvalue weighted by Crippen LogP contribution is 2.19. The lowest BCUT2D eigenvalue weighted by Gasteiger charge is -2.08. The number of benzene rings is 1. The quantitative estimate of drug-likeness (QED) is 0.901. The molecule has 21 heavy (non-hydrogen) atoms. The van der Waals surface area contributed by atoms with Crippen LogP contribution in [0.1, 0.15) is 16.1 Å². The lowest BCUT2D eigenvalue weighted by atomic mass is 10.2. The first kappa shape index (κ1) is 15.3. The highest BCUT2D eigenvalue weighted by atomic mass is 35.5. The maximum atomic E-state index is 11.9. The van der Waals surface area contributed by atoms with E-state index in [0.29, 0.717) is 5.69 Å². The van der Waals surface area contributed by atoms with Crippen LogP contribution < -0.4 is 10.2 Å². The number of anilines is 1. The molecule has 0 saturated carbocycles. The minimum Gasteiger partial charge on any atom is -0.478 e. The van der Waals surface area contributed by atoms with Crippen molar-refractivity contribution in [1.29, 1.82) is 0 Å². The van der Waals surface area contributed by atoms with Crippen LogP contribution >= 0.6 is 22.9 Å². The molecule has 1 aromatic heterocycles. The minimum absolute atomic E-state index is 0.0262. The molecular formula is C13H11ClN2O4S. The summed E-state index contributed by atoms with van der Waals surface area (Å²) in [5.41, 5.74) is 0.935. The molecule has 0 unspecified atom stereocenters. The predicted molar refractivity (Wildman–Crippen MR) is 80.4 cm³/mol. The number of aromatic nitrogens is 1. The number of nitrogens with zero attached hydrogens (tertiary/aromatic N) is 1. The second-order valence-corrected chi connectivity index (χ2v) is 5.57. The lowest BCUT2D eigenvalue weighted by molar-refractivity contribution is -0.116. The van der Waals surface area contributed by atoms with Gasteiger partial charge in [0, 0.05) is 21.8 Å². The van der Waals surface area contributed by atoms with E-state index in [4.69, 9.17) is 16.7 Å². The summed E-state index contributed by atoms with van der Waals surface area (Å²) in [6.45, 7) is 1.59. The number of amides is 1. The molecule has 0 aliphatic carbocycles. The van der Waals surface area contributed by atoms with Gasteiger partial charge in [0.2, 0.25) is 5.91 Å². The van der Waals surface area contributed by atoms with E-state index in [1.165, 1.54) is 22.8 Å². The zero-order valence-electron chi connectivity index (χ0n) is 10.9. The molecule has 6 nitrogen and oxygen atoms in total. The normalized spacial score (nSPS) is 10.4. The minimum atomic E-state index is -1.14. The molecule has 0 atom stereocenters. The van der Waals surface area contributed by atoms with E-state index >= 15 is 0 Å². The van der Waals surface area contributed by atoms with E-state index in [2.05, 4.69) is 5.32 Å². The second-order valence-electron chi connectivity index (χ2n) is 4.31. The maximum absolute atomic E-state index is 11.9. The van der Waals surface area contributed by atoms with Gasteiger partial charge in [0.05, 0.1) is 5.56 Å². The number of aromatic carboxylic acids is 1. The molecule has 0 fully saturated rings. The van der Waals surface area contributed by atoms with E-state index in [1.54, 1.807) is 12.3 Å². The Labute approximate surface area is 128 Å². The number of carboxylic acid groups (broad SMARTS) is 1. The van der Waals surface area contributed by atoms with E-state index in [9.17, 15) is 14.4 Å². The molecule has 2 N–H and O–H groups in total. The summed E-state index contributed by atoms with van der Waals surface area (Å²) in [4.78, 5) is 34.1. The third kappa shape index (κ3) is 3.71. The molecule has 0 bridgehead atoms. The van der Waals surface area contributed by atoms with Crippen LogP contribution in [0.3, 0.4) is 0 Å². The Kier molecular flexibility index (Phi) is 4.44. The topological polar surface area (TPSA) is 88.4 Å². The van der Waals surface area contributed by atoms with Crippen molar-refractivity contribution in [1.82, 2.24) is 4.57 Å². The summed E-state index contributed by atoms with van der Waals surface area (Å²) < 4.78 is 1.34. The maximum Gasteiger partial charge on any atom is 0.335 e. The van der Waals surface area contributed by atoms with Gasteiger partial charge in [0.25, 0.3) is 0 Å². The van der Waals surface area contributed by atoms with Crippen molar-refractivity contribution in [3.63, 3.8) is 0 Å². The number of carboxylic acids is 1. The molecule has 0 aliphatic heterocycles. The van der Waals surface area contributed by atoms with Crippen LogP contribution in [0.25, 0.3) is 0 Å². The van der Waals surface area contributed by atoms with Gasteiger partial charge in [-0.15, -0.1) is 0 Å². The van der Waals surface area contributed by atoms with Gasteiger partial charge in [-0.05, 0) is 25.1 Å². The van der Waals surface area contributed by atoms with Crippen molar-refractivity contribution in [3.05, 3.63) is 49.5 Å². The highest BCUT2D eigenvalue weighted by molar-refractivity contribution is 7.07. The van der Waals surface area contributed by atoms with Crippen LogP contribution in [0.5, 0.6) is 0 Å². The Morgan fingerprint density at radius 1 is 1.38 bits per heavy atom. The number of hydrogen-bond acceptors (Lipinski definition) is 4. The van der Waals surface area contributed by atoms with Crippen molar-refractivity contribution in [2.75, 3.05) is 5.32 Å². The Balaban J connectivity index is 2.17. The third-order valence-electron chi connectivity index (χ3n) is 2.71. The molecule has 1 heterocycles. The van der Waals surface area contributed by atoms with Crippen LogP contribution in [0.4, 0.5) is 5.69 Å². The standard InChI is InChI=1S/C13H11ClN2O4S/c1-7-6-21-13(20)16(7)5-11(17)15-10-3-8(12(18)19)2-9(14)4-10/h2-4,6H,5H2,1H3,(H,15,17)(H,18,19). The van der Waals surface area contributed by atoms with Crippen molar-refractivity contribution >= 4 is 40.5 Å². The molecule has 0 aliphatic rings. The monoisotopic (exact) mass is 326 g/mol. The largest absolute Gasteiger partial charge is 0.478 e. The van der Waals surface area contributed by atoms with Gasteiger partial charge in [-0.1, -0.05) is 22.9 Å². The summed E-state index contributed by atoms with van der Waals surface area (Å²) >= 11 is 6.82. The fourth-order valence-corrected chi connectivity index (χ4v) is 2.70. The van der Waals surface area contributed by atoms with Gasteiger partial charge in [-0.3, -0.25) is 14.2 Å². The van der Waals surface area contributed by atoms with E-state index in [1.807, 2.05) is 0 Å². The Morgan fingerprint density at radius 2 is 2.10 bits per heavy atom. The first-order chi connectivity index (χ1) is 9.86. The van der Waals surface area contributed by atoms with Crippen LogP contribution in [-0.4, -0.2) is 21.6 Å². The molecule has 0 saturated heterocycles. The van der Waals surface area contributed by atoms with Crippen LogP contribution in [0, 0.1) is 6.92 Å². The lowest BCUT2D eigenvalue weighted by Crippen LogP contribution is -2.25. The summed E-state index contributed by atoms with van der Waals surface area (Å²) in [5.74, 6) is -1.57. The number of halogens is 1. The van der Waals surface area contributed by atoms with E-state index in [-0.39, 0.29) is 27.7 Å². The van der Waals surface area contributed by atoms with E-state index in [0.717, 1.165) is 11.3 Å². The molecule has 2 rings (SSSR count). The number of nitrogens with one attached hydrogen (secondary N) is 1. The second kappa shape index (κ2) is 6.11.